The van der Waals surface area contributed by atoms with Crippen LogP contribution >= 0.6 is 0 Å². The quantitative estimate of drug-likeness (QED) is 0.655. The number of hydrogen-bond acceptors (Lipinski definition) is 1. The first-order valence-corrected chi connectivity index (χ1v) is 5.74. The summed E-state index contributed by atoms with van der Waals surface area (Å²) in [5.41, 5.74) is 2.96. The molecular weight excluding hydrogens is 182 g/mol. The van der Waals surface area contributed by atoms with Crippen LogP contribution in [0.3, 0.4) is 0 Å². The Kier molecular flexibility index (Phi) is 7.82. The van der Waals surface area contributed by atoms with Crippen LogP contribution in [0.25, 0.3) is 0 Å². The smallest absolute Gasteiger partial charge is 0.0233 e. The molecule has 0 bridgehead atoms. The maximum Gasteiger partial charge on any atom is 0.0233 e. The van der Waals surface area contributed by atoms with Crippen LogP contribution < -0.4 is 0 Å². The Morgan fingerprint density at radius 2 is 1.13 bits per heavy atom. The van der Waals surface area contributed by atoms with Crippen molar-refractivity contribution in [3.05, 3.63) is 11.3 Å². The lowest BCUT2D eigenvalue weighted by Gasteiger charge is -2.38. The molecule has 0 aliphatic heterocycles. The molecule has 1 heteroatoms. The zero-order valence-corrected chi connectivity index (χ0v) is 11.2. The van der Waals surface area contributed by atoms with Gasteiger partial charge in [0.1, 0.15) is 0 Å². The van der Waals surface area contributed by atoms with Crippen LogP contribution in [0.5, 0.6) is 0 Å². The van der Waals surface area contributed by atoms with Crippen molar-refractivity contribution in [3.63, 3.8) is 0 Å². The second-order valence-corrected chi connectivity index (χ2v) is 5.13. The van der Waals surface area contributed by atoms with E-state index in [4.69, 9.17) is 0 Å². The van der Waals surface area contributed by atoms with Crippen LogP contribution in [0.2, 0.25) is 0 Å². The van der Waals surface area contributed by atoms with Gasteiger partial charge in [-0.3, -0.25) is 0 Å². The molecule has 15 heavy (non-hydrogen) atoms. The van der Waals surface area contributed by atoms with E-state index in [1.165, 1.54) is 11.3 Å². The standard InChI is InChI=1S/C13H27N.CH4/c1-9(2)13(10(3)4)14(11(5)6)12(7)8;/h9,11-12H,1-8H3;1H4. The molecule has 0 rings (SSSR count). The number of nitrogens with zero attached hydrogens (tertiary/aromatic N) is 1. The molecule has 92 valence electrons. The summed E-state index contributed by atoms with van der Waals surface area (Å²) in [4.78, 5) is 2.53. The summed E-state index contributed by atoms with van der Waals surface area (Å²) in [6, 6.07) is 1.17. The first kappa shape index (κ1) is 17.0. The lowest BCUT2D eigenvalue weighted by Crippen LogP contribution is -2.38. The maximum absolute atomic E-state index is 2.53. The van der Waals surface area contributed by atoms with Gasteiger partial charge in [0.15, 0.2) is 0 Å². The lowest BCUT2D eigenvalue weighted by atomic mass is 10.0. The van der Waals surface area contributed by atoms with Crippen LogP contribution in [-0.2, 0) is 0 Å². The van der Waals surface area contributed by atoms with Crippen molar-refractivity contribution >= 4 is 0 Å². The monoisotopic (exact) mass is 213 g/mol. The van der Waals surface area contributed by atoms with Gasteiger partial charge >= 0.3 is 0 Å². The zero-order valence-electron chi connectivity index (χ0n) is 11.2. The van der Waals surface area contributed by atoms with E-state index in [9.17, 15) is 0 Å². The summed E-state index contributed by atoms with van der Waals surface area (Å²) >= 11 is 0. The average Bonchev–Trinajstić information content (AvgIpc) is 1.96. The highest BCUT2D eigenvalue weighted by Crippen LogP contribution is 2.24. The molecule has 0 aliphatic carbocycles. The largest absolute Gasteiger partial charge is 0.370 e. The number of allylic oxidation sites excluding steroid dienone is 2. The first-order chi connectivity index (χ1) is 6.29. The molecule has 0 atom stereocenters. The Hall–Kier alpha value is -0.460. The van der Waals surface area contributed by atoms with Crippen LogP contribution in [0.1, 0.15) is 62.8 Å². The van der Waals surface area contributed by atoms with Crippen molar-refractivity contribution in [2.45, 2.75) is 74.9 Å². The molecule has 0 fully saturated rings. The highest BCUT2D eigenvalue weighted by atomic mass is 15.2. The van der Waals surface area contributed by atoms with Crippen LogP contribution in [0, 0.1) is 5.92 Å². The third kappa shape index (κ3) is 4.72. The third-order valence-electron chi connectivity index (χ3n) is 2.45. The van der Waals surface area contributed by atoms with Gasteiger partial charge in [-0.1, -0.05) is 26.8 Å². The summed E-state index contributed by atoms with van der Waals surface area (Å²) in [6.45, 7) is 18.1. The molecule has 0 radical (unpaired) electrons. The van der Waals surface area contributed by atoms with Gasteiger partial charge < -0.3 is 4.90 Å². The SMILES string of the molecule is C.CC(C)=C(C(C)C)N(C(C)C)C(C)C. The van der Waals surface area contributed by atoms with E-state index in [2.05, 4.69) is 60.3 Å². The van der Waals surface area contributed by atoms with Gasteiger partial charge in [-0.25, -0.2) is 0 Å². The van der Waals surface area contributed by atoms with Crippen LogP contribution in [0.15, 0.2) is 11.3 Å². The Morgan fingerprint density at radius 3 is 1.20 bits per heavy atom. The average molecular weight is 213 g/mol. The van der Waals surface area contributed by atoms with E-state index >= 15 is 0 Å². The van der Waals surface area contributed by atoms with Crippen molar-refractivity contribution in [1.82, 2.24) is 4.90 Å². The minimum atomic E-state index is 0. The summed E-state index contributed by atoms with van der Waals surface area (Å²) in [5.74, 6) is 0.616. The predicted octanol–water partition coefficient (Wildman–Crippen LogP) is 4.69. The number of hydrogen-bond donors (Lipinski definition) is 0. The third-order valence-corrected chi connectivity index (χ3v) is 2.45. The predicted molar refractivity (Wildman–Crippen MR) is 72.1 cm³/mol. The Balaban J connectivity index is 0. The molecule has 0 aliphatic rings. The molecule has 0 aromatic heterocycles. The molecule has 0 unspecified atom stereocenters. The summed E-state index contributed by atoms with van der Waals surface area (Å²) < 4.78 is 0. The van der Waals surface area contributed by atoms with E-state index in [0.717, 1.165) is 0 Å². The topological polar surface area (TPSA) is 3.24 Å². The van der Waals surface area contributed by atoms with E-state index in [1.54, 1.807) is 0 Å². The van der Waals surface area contributed by atoms with Gasteiger partial charge in [0.05, 0.1) is 0 Å². The Labute approximate surface area is 97.6 Å². The molecule has 0 saturated heterocycles. The molecule has 0 amide bonds. The molecule has 0 N–H and O–H groups in total. The van der Waals surface area contributed by atoms with E-state index in [1.807, 2.05) is 0 Å². The first-order valence-electron chi connectivity index (χ1n) is 5.74. The van der Waals surface area contributed by atoms with Gasteiger partial charge in [0, 0.05) is 17.8 Å². The second-order valence-electron chi connectivity index (χ2n) is 5.13. The fraction of sp³-hybridized carbons (Fsp3) is 0.857. The van der Waals surface area contributed by atoms with Gasteiger partial charge in [-0.2, -0.15) is 0 Å². The highest BCUT2D eigenvalue weighted by molar-refractivity contribution is 5.12. The van der Waals surface area contributed by atoms with Crippen molar-refractivity contribution < 1.29 is 0 Å². The molecule has 0 saturated carbocycles. The van der Waals surface area contributed by atoms with Crippen molar-refractivity contribution in [2.24, 2.45) is 5.92 Å². The van der Waals surface area contributed by atoms with E-state index in [0.29, 0.717) is 18.0 Å². The number of rotatable bonds is 4. The summed E-state index contributed by atoms with van der Waals surface area (Å²) in [5, 5.41) is 0. The Morgan fingerprint density at radius 1 is 0.800 bits per heavy atom. The fourth-order valence-corrected chi connectivity index (χ4v) is 2.29. The molecule has 0 heterocycles. The van der Waals surface area contributed by atoms with Crippen LogP contribution in [-0.4, -0.2) is 17.0 Å². The molecule has 0 spiro atoms. The van der Waals surface area contributed by atoms with Crippen LogP contribution in [0.4, 0.5) is 0 Å². The lowest BCUT2D eigenvalue weighted by molar-refractivity contribution is 0.208. The summed E-state index contributed by atoms with van der Waals surface area (Å²) in [7, 11) is 0. The minimum Gasteiger partial charge on any atom is -0.370 e. The van der Waals surface area contributed by atoms with Crippen molar-refractivity contribution in [3.8, 4) is 0 Å². The van der Waals surface area contributed by atoms with Gasteiger partial charge in [0.25, 0.3) is 0 Å². The molecule has 0 aromatic rings. The second kappa shape index (κ2) is 6.92. The normalized spacial score (nSPS) is 10.6. The van der Waals surface area contributed by atoms with E-state index in [-0.39, 0.29) is 7.43 Å². The fourth-order valence-electron chi connectivity index (χ4n) is 2.29. The molecule has 0 aromatic carbocycles. The van der Waals surface area contributed by atoms with Gasteiger partial charge in [-0.15, -0.1) is 0 Å². The highest BCUT2D eigenvalue weighted by Gasteiger charge is 2.19. The Bertz CT molecular complexity index is 187. The van der Waals surface area contributed by atoms with Crippen molar-refractivity contribution in [1.29, 1.82) is 0 Å². The van der Waals surface area contributed by atoms with Crippen molar-refractivity contribution in [2.75, 3.05) is 0 Å². The molecule has 1 nitrogen and oxygen atoms in total. The van der Waals surface area contributed by atoms with Gasteiger partial charge in [-0.05, 0) is 47.5 Å². The zero-order chi connectivity index (χ0) is 11.5. The maximum atomic E-state index is 2.53. The minimum absolute atomic E-state index is 0. The molecular formula is C14H31N. The van der Waals surface area contributed by atoms with E-state index < -0.39 is 0 Å². The van der Waals surface area contributed by atoms with Gasteiger partial charge in [0.2, 0.25) is 0 Å². The summed E-state index contributed by atoms with van der Waals surface area (Å²) in [6.07, 6.45) is 0.